The second-order valence-corrected chi connectivity index (χ2v) is 9.46. The largest absolute Gasteiger partial charge is 0.249 e. The van der Waals surface area contributed by atoms with Crippen LogP contribution < -0.4 is 3.71 Å². The topological polar surface area (TPSA) is 84.4 Å². The van der Waals surface area contributed by atoms with Gasteiger partial charge in [-0.25, -0.2) is 26.2 Å². The van der Waals surface area contributed by atoms with Crippen LogP contribution in [-0.4, -0.2) is 33.3 Å². The van der Waals surface area contributed by atoms with E-state index >= 15 is 0 Å². The van der Waals surface area contributed by atoms with Crippen LogP contribution in [0.3, 0.4) is 0 Å². The fourth-order valence-corrected chi connectivity index (χ4v) is 5.23. The minimum absolute atomic E-state index is 0.100. The van der Waals surface area contributed by atoms with Gasteiger partial charge in [0.1, 0.15) is 5.02 Å². The molecule has 1 heterocycles. The third-order valence-corrected chi connectivity index (χ3v) is 8.22. The van der Waals surface area contributed by atoms with E-state index in [-0.39, 0.29) is 12.3 Å². The van der Waals surface area contributed by atoms with Crippen molar-refractivity contribution in [3.8, 4) is 0 Å². The molecule has 0 aliphatic heterocycles. The number of rotatable bonds is 5. The molecule has 11 heteroatoms. The van der Waals surface area contributed by atoms with Gasteiger partial charge in [0.05, 0.1) is 21.3 Å². The van der Waals surface area contributed by atoms with Crippen molar-refractivity contribution in [2.24, 2.45) is 0 Å². The highest BCUT2D eigenvalue weighted by atomic mass is 127. The Labute approximate surface area is 135 Å². The lowest BCUT2D eigenvalue weighted by Crippen LogP contribution is -2.40. The summed E-state index contributed by atoms with van der Waals surface area (Å²) in [6, 6.07) is 0. The summed E-state index contributed by atoms with van der Waals surface area (Å²) in [5.41, 5.74) is 0. The zero-order valence-corrected chi connectivity index (χ0v) is 15.0. The Morgan fingerprint density at radius 1 is 1.25 bits per heavy atom. The smallest absolute Gasteiger partial charge is 0.233 e. The van der Waals surface area contributed by atoms with Crippen LogP contribution in [0.25, 0.3) is 0 Å². The molecule has 0 unspecified atom stereocenters. The second kappa shape index (κ2) is 6.28. The number of nitrogens with zero attached hydrogens (tertiary/aromatic N) is 2. The highest BCUT2D eigenvalue weighted by Crippen LogP contribution is 2.33. The standard InChI is InChI=1S/C9H11ClFIN2O4S2/c1-3-19(15,16)14(20(17,18)4-2)9-7(10)8(12)6(11)5-13-9/h5H,3-4H2,1-2H3. The molecule has 0 aliphatic carbocycles. The number of anilines is 1. The van der Waals surface area contributed by atoms with Crippen molar-refractivity contribution < 1.29 is 21.2 Å². The molecule has 0 aliphatic rings. The molecule has 1 rings (SSSR count). The van der Waals surface area contributed by atoms with E-state index in [1.54, 1.807) is 22.6 Å². The third-order valence-electron chi connectivity index (χ3n) is 2.31. The first kappa shape index (κ1) is 17.9. The predicted octanol–water partition coefficient (Wildman–Crippen LogP) is 1.98. The predicted molar refractivity (Wildman–Crippen MR) is 83.3 cm³/mol. The first-order chi connectivity index (χ1) is 9.08. The maximum absolute atomic E-state index is 13.3. The van der Waals surface area contributed by atoms with E-state index in [2.05, 4.69) is 4.98 Å². The monoisotopic (exact) mass is 456 g/mol. The fraction of sp³-hybridized carbons (Fsp3) is 0.444. The van der Waals surface area contributed by atoms with Gasteiger partial charge >= 0.3 is 0 Å². The quantitative estimate of drug-likeness (QED) is 0.633. The van der Waals surface area contributed by atoms with Crippen LogP contribution >= 0.6 is 34.2 Å². The molecule has 1 aromatic heterocycles. The van der Waals surface area contributed by atoms with Crippen molar-refractivity contribution in [1.29, 1.82) is 0 Å². The minimum Gasteiger partial charge on any atom is -0.233 e. The molecule has 20 heavy (non-hydrogen) atoms. The van der Waals surface area contributed by atoms with E-state index in [0.29, 0.717) is 0 Å². The first-order valence-corrected chi connectivity index (χ1v) is 10.0. The van der Waals surface area contributed by atoms with Gasteiger partial charge in [0, 0.05) is 0 Å². The SMILES string of the molecule is CCS(=O)(=O)N(c1ncc(F)c(I)c1Cl)S(=O)(=O)CC. The van der Waals surface area contributed by atoms with Gasteiger partial charge in [-0.2, -0.15) is 0 Å². The Balaban J connectivity index is 3.70. The first-order valence-electron chi connectivity index (χ1n) is 5.33. The molecule has 6 nitrogen and oxygen atoms in total. The van der Waals surface area contributed by atoms with E-state index in [9.17, 15) is 21.2 Å². The number of pyridine rings is 1. The number of hydrogen-bond acceptors (Lipinski definition) is 5. The molecule has 0 fully saturated rings. The van der Waals surface area contributed by atoms with E-state index in [0.717, 1.165) is 6.20 Å². The van der Waals surface area contributed by atoms with E-state index < -0.39 is 43.2 Å². The van der Waals surface area contributed by atoms with Crippen LogP contribution in [0.2, 0.25) is 5.02 Å². The van der Waals surface area contributed by atoms with Gasteiger partial charge in [-0.05, 0) is 36.4 Å². The zero-order valence-electron chi connectivity index (χ0n) is 10.5. The molecule has 1 aromatic rings. The van der Waals surface area contributed by atoms with Gasteiger partial charge in [0.2, 0.25) is 20.0 Å². The summed E-state index contributed by atoms with van der Waals surface area (Å²) in [4.78, 5) is 3.52. The molecular weight excluding hydrogens is 446 g/mol. The molecule has 0 saturated heterocycles. The average molecular weight is 457 g/mol. The molecule has 0 aromatic carbocycles. The summed E-state index contributed by atoms with van der Waals surface area (Å²) < 4.78 is 61.4. The van der Waals surface area contributed by atoms with Crippen LogP contribution in [0.1, 0.15) is 13.8 Å². The maximum atomic E-state index is 13.3. The summed E-state index contributed by atoms with van der Waals surface area (Å²) in [5.74, 6) is -2.20. The number of sulfonamides is 2. The molecule has 0 spiro atoms. The van der Waals surface area contributed by atoms with Crippen molar-refractivity contribution in [2.45, 2.75) is 13.8 Å². The molecular formula is C9H11ClFIN2O4S2. The van der Waals surface area contributed by atoms with Gasteiger partial charge < -0.3 is 0 Å². The van der Waals surface area contributed by atoms with E-state index in [4.69, 9.17) is 11.6 Å². The molecule has 0 saturated carbocycles. The second-order valence-electron chi connectivity index (χ2n) is 3.56. The summed E-state index contributed by atoms with van der Waals surface area (Å²) in [6.45, 7) is 2.58. The summed E-state index contributed by atoms with van der Waals surface area (Å²) >= 11 is 7.38. The molecule has 0 bridgehead atoms. The maximum Gasteiger partial charge on any atom is 0.249 e. The summed E-state index contributed by atoms with van der Waals surface area (Å²) in [7, 11) is -8.33. The Kier molecular flexibility index (Phi) is 5.60. The highest BCUT2D eigenvalue weighted by molar-refractivity contribution is 14.1. The van der Waals surface area contributed by atoms with Crippen molar-refractivity contribution >= 4 is 60.1 Å². The van der Waals surface area contributed by atoms with E-state index in [1.807, 2.05) is 0 Å². The van der Waals surface area contributed by atoms with Gasteiger partial charge in [-0.3, -0.25) is 0 Å². The average Bonchev–Trinajstić information content (AvgIpc) is 2.39. The van der Waals surface area contributed by atoms with Gasteiger partial charge in [-0.15, -0.1) is 3.71 Å². The van der Waals surface area contributed by atoms with E-state index in [1.165, 1.54) is 13.8 Å². The van der Waals surface area contributed by atoms with Crippen molar-refractivity contribution in [1.82, 2.24) is 4.98 Å². The Hall–Kier alpha value is -0.200. The minimum atomic E-state index is -4.16. The van der Waals surface area contributed by atoms with Crippen molar-refractivity contribution in [3.63, 3.8) is 0 Å². The lowest BCUT2D eigenvalue weighted by molar-refractivity contribution is 0.583. The van der Waals surface area contributed by atoms with Crippen LogP contribution in [0.4, 0.5) is 10.2 Å². The van der Waals surface area contributed by atoms with Crippen LogP contribution in [0, 0.1) is 9.39 Å². The Morgan fingerprint density at radius 3 is 2.10 bits per heavy atom. The van der Waals surface area contributed by atoms with Crippen LogP contribution in [0.5, 0.6) is 0 Å². The van der Waals surface area contributed by atoms with Crippen molar-refractivity contribution in [3.05, 3.63) is 20.6 Å². The van der Waals surface area contributed by atoms with Crippen LogP contribution in [-0.2, 0) is 20.0 Å². The molecule has 0 radical (unpaired) electrons. The van der Waals surface area contributed by atoms with Gasteiger partial charge in [-0.1, -0.05) is 11.6 Å². The Morgan fingerprint density at radius 2 is 1.70 bits per heavy atom. The third kappa shape index (κ3) is 3.34. The molecule has 0 N–H and O–H groups in total. The molecule has 114 valence electrons. The summed E-state index contributed by atoms with van der Waals surface area (Å²) in [5, 5.41) is -0.361. The number of halogens is 3. The highest BCUT2D eigenvalue weighted by Gasteiger charge is 2.35. The summed E-state index contributed by atoms with van der Waals surface area (Å²) in [6.07, 6.45) is 0.729. The zero-order chi connectivity index (χ0) is 15.7. The van der Waals surface area contributed by atoms with Gasteiger partial charge in [0.25, 0.3) is 0 Å². The molecule has 0 amide bonds. The number of hydrogen-bond donors (Lipinski definition) is 0. The van der Waals surface area contributed by atoms with Crippen molar-refractivity contribution in [2.75, 3.05) is 15.2 Å². The van der Waals surface area contributed by atoms with Crippen LogP contribution in [0.15, 0.2) is 6.20 Å². The number of aromatic nitrogens is 1. The normalized spacial score (nSPS) is 12.4. The molecule has 0 atom stereocenters. The fourth-order valence-electron chi connectivity index (χ4n) is 1.23. The van der Waals surface area contributed by atoms with Gasteiger partial charge in [0.15, 0.2) is 11.6 Å². The Bertz CT molecular complexity index is 690. The lowest BCUT2D eigenvalue weighted by Gasteiger charge is -2.22. The lowest BCUT2D eigenvalue weighted by atomic mass is 10.4.